The molecule has 0 radical (unpaired) electrons. The quantitative estimate of drug-likeness (QED) is 0.894. The summed E-state index contributed by atoms with van der Waals surface area (Å²) in [6, 6.07) is 10.1. The molecular formula is C20H26N4O3. The zero-order valence-electron chi connectivity index (χ0n) is 15.5. The van der Waals surface area contributed by atoms with Gasteiger partial charge in [-0.25, -0.2) is 9.48 Å². The molecule has 1 N–H and O–H groups in total. The second kappa shape index (κ2) is 8.10. The van der Waals surface area contributed by atoms with E-state index in [-0.39, 0.29) is 11.6 Å². The van der Waals surface area contributed by atoms with Gasteiger partial charge in [0, 0.05) is 32.1 Å². The van der Waals surface area contributed by atoms with Crippen LogP contribution < -0.4 is 5.32 Å². The fourth-order valence-electron chi connectivity index (χ4n) is 3.75. The molecule has 1 atom stereocenters. The second-order valence-electron chi connectivity index (χ2n) is 7.21. The Hall–Kier alpha value is -2.38. The molecule has 4 rings (SSSR count). The predicted octanol–water partition coefficient (Wildman–Crippen LogP) is 2.01. The molecule has 2 fully saturated rings. The van der Waals surface area contributed by atoms with Gasteiger partial charge < -0.3 is 19.7 Å². The molecule has 2 aliphatic rings. The SMILES string of the molecule is O=C(NCCc1ccc(-n2cccn2)cc1)N1CCOC2(CCCOC2)C1. The number of benzene rings is 1. The zero-order chi connectivity index (χ0) is 18.5. The van der Waals surface area contributed by atoms with Gasteiger partial charge in [-0.05, 0) is 43.0 Å². The molecule has 144 valence electrons. The Labute approximate surface area is 159 Å². The van der Waals surface area contributed by atoms with E-state index in [1.807, 2.05) is 34.0 Å². The van der Waals surface area contributed by atoms with E-state index in [1.165, 1.54) is 5.56 Å². The summed E-state index contributed by atoms with van der Waals surface area (Å²) in [7, 11) is 0. The first-order chi connectivity index (χ1) is 13.2. The predicted molar refractivity (Wildman–Crippen MR) is 101 cm³/mol. The molecule has 2 saturated heterocycles. The Morgan fingerprint density at radius 2 is 2.15 bits per heavy atom. The number of hydrogen-bond donors (Lipinski definition) is 1. The number of nitrogens with zero attached hydrogens (tertiary/aromatic N) is 3. The molecule has 0 aliphatic carbocycles. The van der Waals surface area contributed by atoms with Crippen LogP contribution in [0.15, 0.2) is 42.7 Å². The first-order valence-electron chi connectivity index (χ1n) is 9.58. The highest BCUT2D eigenvalue weighted by Crippen LogP contribution is 2.27. The number of aromatic nitrogens is 2. The maximum Gasteiger partial charge on any atom is 0.317 e. The van der Waals surface area contributed by atoms with Crippen molar-refractivity contribution in [1.82, 2.24) is 20.0 Å². The van der Waals surface area contributed by atoms with Crippen molar-refractivity contribution in [3.63, 3.8) is 0 Å². The van der Waals surface area contributed by atoms with Crippen LogP contribution in [0.5, 0.6) is 0 Å². The van der Waals surface area contributed by atoms with E-state index in [0.29, 0.717) is 32.8 Å². The lowest BCUT2D eigenvalue weighted by molar-refractivity contribution is -0.160. The lowest BCUT2D eigenvalue weighted by atomic mass is 9.94. The van der Waals surface area contributed by atoms with Crippen molar-refractivity contribution in [3.05, 3.63) is 48.3 Å². The number of amides is 2. The van der Waals surface area contributed by atoms with Crippen molar-refractivity contribution in [1.29, 1.82) is 0 Å². The highest BCUT2D eigenvalue weighted by molar-refractivity contribution is 5.74. The minimum Gasteiger partial charge on any atom is -0.378 e. The molecule has 3 heterocycles. The average Bonchev–Trinajstić information content (AvgIpc) is 3.24. The third kappa shape index (κ3) is 4.31. The van der Waals surface area contributed by atoms with Crippen molar-refractivity contribution in [2.24, 2.45) is 0 Å². The number of ether oxygens (including phenoxy) is 2. The molecule has 2 amide bonds. The summed E-state index contributed by atoms with van der Waals surface area (Å²) >= 11 is 0. The molecular weight excluding hydrogens is 344 g/mol. The van der Waals surface area contributed by atoms with Gasteiger partial charge in [0.2, 0.25) is 0 Å². The van der Waals surface area contributed by atoms with Crippen molar-refractivity contribution >= 4 is 6.03 Å². The van der Waals surface area contributed by atoms with Crippen LogP contribution in [0.3, 0.4) is 0 Å². The van der Waals surface area contributed by atoms with E-state index in [4.69, 9.17) is 9.47 Å². The van der Waals surface area contributed by atoms with Crippen molar-refractivity contribution in [2.75, 3.05) is 39.5 Å². The molecule has 2 aromatic rings. The summed E-state index contributed by atoms with van der Waals surface area (Å²) < 4.78 is 13.4. The van der Waals surface area contributed by atoms with Gasteiger partial charge in [-0.15, -0.1) is 0 Å². The number of nitrogens with one attached hydrogen (secondary N) is 1. The lowest BCUT2D eigenvalue weighted by Crippen LogP contribution is -2.59. The summed E-state index contributed by atoms with van der Waals surface area (Å²) in [4.78, 5) is 14.4. The Morgan fingerprint density at radius 3 is 2.89 bits per heavy atom. The van der Waals surface area contributed by atoms with Crippen LogP contribution in [0.2, 0.25) is 0 Å². The Morgan fingerprint density at radius 1 is 1.26 bits per heavy atom. The minimum absolute atomic E-state index is 0.0172. The number of urea groups is 1. The topological polar surface area (TPSA) is 68.6 Å². The second-order valence-corrected chi connectivity index (χ2v) is 7.21. The molecule has 1 unspecified atom stereocenters. The fourth-order valence-corrected chi connectivity index (χ4v) is 3.75. The number of hydrogen-bond acceptors (Lipinski definition) is 4. The van der Waals surface area contributed by atoms with Gasteiger partial charge in [0.1, 0.15) is 5.60 Å². The van der Waals surface area contributed by atoms with Gasteiger partial charge in [0.15, 0.2) is 0 Å². The fraction of sp³-hybridized carbons (Fsp3) is 0.500. The van der Waals surface area contributed by atoms with Crippen LogP contribution in [0, 0.1) is 0 Å². The number of morpholine rings is 1. The highest BCUT2D eigenvalue weighted by atomic mass is 16.5. The highest BCUT2D eigenvalue weighted by Gasteiger charge is 2.40. The van der Waals surface area contributed by atoms with E-state index < -0.39 is 0 Å². The summed E-state index contributed by atoms with van der Waals surface area (Å²) in [5.74, 6) is 0. The van der Waals surface area contributed by atoms with Crippen LogP contribution in [-0.4, -0.2) is 65.8 Å². The van der Waals surface area contributed by atoms with Crippen LogP contribution in [0.1, 0.15) is 18.4 Å². The smallest absolute Gasteiger partial charge is 0.317 e. The maximum atomic E-state index is 12.5. The molecule has 27 heavy (non-hydrogen) atoms. The number of rotatable bonds is 4. The molecule has 2 aliphatic heterocycles. The summed E-state index contributed by atoms with van der Waals surface area (Å²) in [6.45, 7) is 3.80. The van der Waals surface area contributed by atoms with Gasteiger partial charge in [-0.2, -0.15) is 5.10 Å². The number of carbonyl (C=O) groups is 1. The van der Waals surface area contributed by atoms with E-state index >= 15 is 0 Å². The van der Waals surface area contributed by atoms with Crippen molar-refractivity contribution < 1.29 is 14.3 Å². The molecule has 7 nitrogen and oxygen atoms in total. The molecule has 7 heteroatoms. The monoisotopic (exact) mass is 370 g/mol. The zero-order valence-corrected chi connectivity index (χ0v) is 15.5. The van der Waals surface area contributed by atoms with Crippen molar-refractivity contribution in [2.45, 2.75) is 24.9 Å². The molecule has 1 spiro atoms. The van der Waals surface area contributed by atoms with Gasteiger partial charge in [0.05, 0.1) is 25.4 Å². The van der Waals surface area contributed by atoms with Crippen LogP contribution in [0.4, 0.5) is 4.79 Å². The van der Waals surface area contributed by atoms with Gasteiger partial charge >= 0.3 is 6.03 Å². The third-order valence-corrected chi connectivity index (χ3v) is 5.22. The van der Waals surface area contributed by atoms with Gasteiger partial charge in [-0.1, -0.05) is 12.1 Å². The lowest BCUT2D eigenvalue weighted by Gasteiger charge is -2.44. The standard InChI is InChI=1S/C20H26N4O3/c25-19(23-12-14-27-20(15-23)8-1-13-26-16-20)21-10-7-17-3-5-18(6-4-17)24-11-2-9-22-24/h2-6,9,11H,1,7-8,10,12-16H2,(H,21,25). The molecule has 1 aromatic carbocycles. The Balaban J connectivity index is 1.25. The Bertz CT molecular complexity index is 734. The first-order valence-corrected chi connectivity index (χ1v) is 9.58. The maximum absolute atomic E-state index is 12.5. The molecule has 0 saturated carbocycles. The van der Waals surface area contributed by atoms with Crippen LogP contribution >= 0.6 is 0 Å². The molecule has 0 bridgehead atoms. The summed E-state index contributed by atoms with van der Waals surface area (Å²) in [5, 5.41) is 7.26. The number of carbonyl (C=O) groups excluding carboxylic acids is 1. The van der Waals surface area contributed by atoms with E-state index in [2.05, 4.69) is 22.5 Å². The van der Waals surface area contributed by atoms with Gasteiger partial charge in [-0.3, -0.25) is 0 Å². The third-order valence-electron chi connectivity index (χ3n) is 5.22. The Kier molecular flexibility index (Phi) is 5.40. The largest absolute Gasteiger partial charge is 0.378 e. The average molecular weight is 370 g/mol. The van der Waals surface area contributed by atoms with Crippen LogP contribution in [-0.2, 0) is 15.9 Å². The van der Waals surface area contributed by atoms with E-state index in [0.717, 1.165) is 31.6 Å². The summed E-state index contributed by atoms with van der Waals surface area (Å²) in [6.07, 6.45) is 6.42. The molecule has 1 aromatic heterocycles. The normalized spacial score (nSPS) is 22.7. The van der Waals surface area contributed by atoms with Crippen molar-refractivity contribution in [3.8, 4) is 5.69 Å². The van der Waals surface area contributed by atoms with E-state index in [1.54, 1.807) is 6.20 Å². The first kappa shape index (κ1) is 18.0. The van der Waals surface area contributed by atoms with Gasteiger partial charge in [0.25, 0.3) is 0 Å². The summed E-state index contributed by atoms with van der Waals surface area (Å²) in [5.41, 5.74) is 1.90. The minimum atomic E-state index is -0.309. The van der Waals surface area contributed by atoms with Crippen LogP contribution in [0.25, 0.3) is 5.69 Å². The van der Waals surface area contributed by atoms with E-state index in [9.17, 15) is 4.79 Å².